The molecule has 1 amide bonds. The predicted molar refractivity (Wildman–Crippen MR) is 123 cm³/mol. The van der Waals surface area contributed by atoms with E-state index in [1.165, 1.54) is 28.6 Å². The van der Waals surface area contributed by atoms with Crippen LogP contribution in [0.4, 0.5) is 8.78 Å². The summed E-state index contributed by atoms with van der Waals surface area (Å²) in [7, 11) is -3.59. The molecule has 0 radical (unpaired) electrons. The van der Waals surface area contributed by atoms with Gasteiger partial charge in [0.1, 0.15) is 11.6 Å². The van der Waals surface area contributed by atoms with Gasteiger partial charge in [-0.15, -0.1) is 0 Å². The molecule has 2 aromatic rings. The number of carbonyl (C=O) groups excluding carboxylic acids is 2. The number of nitrogens with zero attached hydrogens (tertiary/aromatic N) is 2. The lowest BCUT2D eigenvalue weighted by Crippen LogP contribution is -2.40. The summed E-state index contributed by atoms with van der Waals surface area (Å²) >= 11 is 0. The normalized spacial score (nSPS) is 18.5. The van der Waals surface area contributed by atoms with Crippen LogP contribution in [-0.2, 0) is 10.0 Å². The van der Waals surface area contributed by atoms with E-state index in [0.29, 0.717) is 44.6 Å². The van der Waals surface area contributed by atoms with Crippen LogP contribution in [-0.4, -0.2) is 55.5 Å². The first-order valence-electron chi connectivity index (χ1n) is 11.7. The van der Waals surface area contributed by atoms with Crippen LogP contribution in [0.1, 0.15) is 59.2 Å². The maximum atomic E-state index is 14.0. The van der Waals surface area contributed by atoms with Gasteiger partial charge in [0.25, 0.3) is 5.91 Å². The summed E-state index contributed by atoms with van der Waals surface area (Å²) in [6, 6.07) is 8.80. The van der Waals surface area contributed by atoms with Gasteiger partial charge in [0.15, 0.2) is 5.78 Å². The van der Waals surface area contributed by atoms with E-state index >= 15 is 0 Å². The first-order valence-corrected chi connectivity index (χ1v) is 13.1. The minimum absolute atomic E-state index is 0.173. The summed E-state index contributed by atoms with van der Waals surface area (Å²) in [5, 5.41) is 0. The molecule has 0 saturated carbocycles. The molecule has 0 spiro atoms. The van der Waals surface area contributed by atoms with Crippen molar-refractivity contribution < 1.29 is 26.8 Å². The summed E-state index contributed by atoms with van der Waals surface area (Å²) in [6.07, 6.45) is 4.45. The van der Waals surface area contributed by atoms with Crippen molar-refractivity contribution in [3.63, 3.8) is 0 Å². The van der Waals surface area contributed by atoms with E-state index in [0.717, 1.165) is 43.9 Å². The highest BCUT2D eigenvalue weighted by Gasteiger charge is 2.30. The highest BCUT2D eigenvalue weighted by atomic mass is 32.2. The molecule has 0 aromatic heterocycles. The summed E-state index contributed by atoms with van der Waals surface area (Å²) < 4.78 is 54.8. The molecule has 2 saturated heterocycles. The molecule has 182 valence electrons. The Balaban J connectivity index is 1.38. The van der Waals surface area contributed by atoms with Gasteiger partial charge in [0.05, 0.1) is 10.5 Å². The zero-order valence-corrected chi connectivity index (χ0v) is 19.7. The molecule has 2 heterocycles. The molecule has 0 bridgehead atoms. The second-order valence-corrected chi connectivity index (χ2v) is 10.8. The lowest BCUT2D eigenvalue weighted by molar-refractivity contribution is 0.0649. The van der Waals surface area contributed by atoms with Crippen molar-refractivity contribution in [3.05, 3.63) is 65.2 Å². The standard InChI is InChI=1S/C25H28F2N2O4S/c26-20-7-10-23(27)22(17-20)24(30)18-11-15-28(16-12-18)25(31)19-5-8-21(9-6-19)34(32,33)29-13-3-1-2-4-14-29/h5-10,17-18H,1-4,11-16H2. The second-order valence-electron chi connectivity index (χ2n) is 8.90. The van der Waals surface area contributed by atoms with Gasteiger partial charge in [0.2, 0.25) is 10.0 Å². The van der Waals surface area contributed by atoms with Crippen LogP contribution < -0.4 is 0 Å². The van der Waals surface area contributed by atoms with Gasteiger partial charge < -0.3 is 4.90 Å². The Morgan fingerprint density at radius 1 is 0.824 bits per heavy atom. The van der Waals surface area contributed by atoms with Crippen molar-refractivity contribution in [1.82, 2.24) is 9.21 Å². The predicted octanol–water partition coefficient (Wildman–Crippen LogP) is 4.26. The van der Waals surface area contributed by atoms with Crippen LogP contribution >= 0.6 is 0 Å². The highest BCUT2D eigenvalue weighted by molar-refractivity contribution is 7.89. The first kappa shape index (κ1) is 24.5. The van der Waals surface area contributed by atoms with Crippen molar-refractivity contribution >= 4 is 21.7 Å². The number of likely N-dealkylation sites (tertiary alicyclic amines) is 1. The van der Waals surface area contributed by atoms with Crippen LogP contribution in [0.2, 0.25) is 0 Å². The average Bonchev–Trinajstić information content (AvgIpc) is 3.15. The van der Waals surface area contributed by atoms with E-state index < -0.39 is 33.4 Å². The third kappa shape index (κ3) is 5.20. The van der Waals surface area contributed by atoms with Crippen LogP contribution in [0.3, 0.4) is 0 Å². The van der Waals surface area contributed by atoms with E-state index in [2.05, 4.69) is 0 Å². The smallest absolute Gasteiger partial charge is 0.253 e. The molecule has 0 aliphatic carbocycles. The fourth-order valence-corrected chi connectivity index (χ4v) is 6.15. The van der Waals surface area contributed by atoms with E-state index in [4.69, 9.17) is 0 Å². The lowest BCUT2D eigenvalue weighted by Gasteiger charge is -2.31. The van der Waals surface area contributed by atoms with Crippen LogP contribution in [0.25, 0.3) is 0 Å². The van der Waals surface area contributed by atoms with Crippen LogP contribution in [0, 0.1) is 17.6 Å². The monoisotopic (exact) mass is 490 g/mol. The van der Waals surface area contributed by atoms with E-state index in [9.17, 15) is 26.8 Å². The summed E-state index contributed by atoms with van der Waals surface area (Å²) in [5.41, 5.74) is 0.113. The Morgan fingerprint density at radius 2 is 1.44 bits per heavy atom. The third-order valence-corrected chi connectivity index (χ3v) is 8.56. The molecule has 2 aliphatic rings. The minimum Gasteiger partial charge on any atom is -0.339 e. The number of rotatable bonds is 5. The van der Waals surface area contributed by atoms with Crippen molar-refractivity contribution in [2.45, 2.75) is 43.4 Å². The minimum atomic E-state index is -3.59. The van der Waals surface area contributed by atoms with Crippen LogP contribution in [0.5, 0.6) is 0 Å². The number of amides is 1. The van der Waals surface area contributed by atoms with E-state index in [-0.39, 0.29) is 16.4 Å². The number of hydrogen-bond acceptors (Lipinski definition) is 4. The average molecular weight is 491 g/mol. The molecule has 2 aromatic carbocycles. The number of hydrogen-bond donors (Lipinski definition) is 0. The fraction of sp³-hybridized carbons (Fsp3) is 0.440. The third-order valence-electron chi connectivity index (χ3n) is 6.65. The van der Waals surface area contributed by atoms with Gasteiger partial charge >= 0.3 is 0 Å². The topological polar surface area (TPSA) is 74.8 Å². The summed E-state index contributed by atoms with van der Waals surface area (Å²) in [6.45, 7) is 1.63. The quantitative estimate of drug-likeness (QED) is 0.587. The number of piperidine rings is 1. The molecule has 0 atom stereocenters. The zero-order chi connectivity index (χ0) is 24.3. The fourth-order valence-electron chi connectivity index (χ4n) is 4.63. The van der Waals surface area contributed by atoms with Gasteiger partial charge in [-0.25, -0.2) is 17.2 Å². The van der Waals surface area contributed by atoms with Gasteiger partial charge in [-0.2, -0.15) is 4.31 Å². The lowest BCUT2D eigenvalue weighted by atomic mass is 9.88. The zero-order valence-electron chi connectivity index (χ0n) is 18.9. The number of benzene rings is 2. The Labute approximate surface area is 198 Å². The van der Waals surface area contributed by atoms with Crippen molar-refractivity contribution in [2.75, 3.05) is 26.2 Å². The number of sulfonamides is 1. The molecule has 0 unspecified atom stereocenters. The summed E-state index contributed by atoms with van der Waals surface area (Å²) in [5.74, 6) is -2.60. The Kier molecular flexibility index (Phi) is 7.42. The Morgan fingerprint density at radius 3 is 2.06 bits per heavy atom. The Hall–Kier alpha value is -2.65. The molecule has 2 aliphatic heterocycles. The SMILES string of the molecule is O=C(c1cc(F)ccc1F)C1CCN(C(=O)c2ccc(S(=O)(=O)N3CCCCCC3)cc2)CC1. The number of carbonyl (C=O) groups is 2. The molecule has 4 rings (SSSR count). The largest absolute Gasteiger partial charge is 0.339 e. The summed E-state index contributed by atoms with van der Waals surface area (Å²) in [4.78, 5) is 27.3. The molecule has 2 fully saturated rings. The Bertz CT molecular complexity index is 1150. The van der Waals surface area contributed by atoms with Crippen LogP contribution in [0.15, 0.2) is 47.4 Å². The highest BCUT2D eigenvalue weighted by Crippen LogP contribution is 2.26. The van der Waals surface area contributed by atoms with E-state index in [1.54, 1.807) is 4.90 Å². The molecule has 6 nitrogen and oxygen atoms in total. The van der Waals surface area contributed by atoms with E-state index in [1.807, 2.05) is 0 Å². The van der Waals surface area contributed by atoms with Crippen molar-refractivity contribution in [3.8, 4) is 0 Å². The number of Topliss-reactive ketones (excluding diaryl/α,β-unsaturated/α-hetero) is 1. The maximum absolute atomic E-state index is 14.0. The number of halogens is 2. The molecular formula is C25H28F2N2O4S. The molecular weight excluding hydrogens is 462 g/mol. The van der Waals surface area contributed by atoms with Gasteiger partial charge in [-0.1, -0.05) is 12.8 Å². The van der Waals surface area contributed by atoms with Gasteiger partial charge in [0, 0.05) is 37.7 Å². The van der Waals surface area contributed by atoms with Gasteiger partial charge in [-0.05, 0) is 68.1 Å². The molecule has 9 heteroatoms. The van der Waals surface area contributed by atoms with Gasteiger partial charge in [-0.3, -0.25) is 9.59 Å². The molecule has 0 N–H and O–H groups in total. The van der Waals surface area contributed by atoms with Crippen molar-refractivity contribution in [1.29, 1.82) is 0 Å². The number of ketones is 1. The first-order chi connectivity index (χ1) is 16.3. The second kappa shape index (κ2) is 10.3. The molecule has 34 heavy (non-hydrogen) atoms. The maximum Gasteiger partial charge on any atom is 0.253 e. The van der Waals surface area contributed by atoms with Crippen molar-refractivity contribution in [2.24, 2.45) is 5.92 Å².